The van der Waals surface area contributed by atoms with E-state index < -0.39 is 0 Å². The number of benzene rings is 3. The molecule has 0 amide bonds. The van der Waals surface area contributed by atoms with E-state index in [1.165, 1.54) is 16.3 Å². The Morgan fingerprint density at radius 3 is 2.54 bits per heavy atom. The summed E-state index contributed by atoms with van der Waals surface area (Å²) >= 11 is 0. The Bertz CT molecular complexity index is 2010. The Labute approximate surface area is 238 Å². The van der Waals surface area contributed by atoms with Crippen LogP contribution in [0.15, 0.2) is 96.4 Å². The Hall–Kier alpha value is -4.91. The number of fused-ring (bicyclic) bond motifs is 9. The maximum Gasteiger partial charge on any atom is 0.211 e. The first kappa shape index (κ1) is 23.9. The molecule has 0 unspecified atom stereocenters. The Morgan fingerprint density at radius 2 is 1.63 bits per heavy atom. The van der Waals surface area contributed by atoms with Crippen molar-refractivity contribution in [1.82, 2.24) is 19.1 Å². The minimum absolute atomic E-state index is 0.0205. The summed E-state index contributed by atoms with van der Waals surface area (Å²) in [5, 5.41) is 2.36. The lowest BCUT2D eigenvalue weighted by Gasteiger charge is -2.35. The van der Waals surface area contributed by atoms with Crippen LogP contribution in [0.25, 0.3) is 39.0 Å². The normalized spacial score (nSPS) is 14.5. The van der Waals surface area contributed by atoms with Crippen LogP contribution in [-0.2, 0) is 5.41 Å². The topological polar surface area (TPSA) is 60.5 Å². The Kier molecular flexibility index (Phi) is 5.13. The van der Waals surface area contributed by atoms with Gasteiger partial charge in [0.15, 0.2) is 0 Å². The molecule has 8 rings (SSSR count). The van der Waals surface area contributed by atoms with Crippen molar-refractivity contribution in [3.05, 3.63) is 97.0 Å². The van der Waals surface area contributed by atoms with Crippen LogP contribution < -0.4 is 9.64 Å². The van der Waals surface area contributed by atoms with Crippen LogP contribution in [0.4, 0.5) is 5.69 Å². The summed E-state index contributed by atoms with van der Waals surface area (Å²) in [5.74, 6) is 4.29. The number of hydrogen-bond donors (Lipinski definition) is 0. The van der Waals surface area contributed by atoms with Crippen molar-refractivity contribution in [1.29, 1.82) is 0 Å². The third kappa shape index (κ3) is 3.76. The molecular weight excluding hydrogens is 508 g/mol. The van der Waals surface area contributed by atoms with E-state index in [9.17, 15) is 0 Å². The maximum atomic E-state index is 6.53. The second-order valence-corrected chi connectivity index (χ2v) is 11.8. The van der Waals surface area contributed by atoms with E-state index in [1.54, 1.807) is 0 Å². The molecule has 6 aromatic rings. The van der Waals surface area contributed by atoms with Crippen molar-refractivity contribution in [3.63, 3.8) is 0 Å². The summed E-state index contributed by atoms with van der Waals surface area (Å²) in [6.07, 6.45) is 6.76. The molecule has 3 aromatic heterocycles. The Balaban J connectivity index is 1.24. The first-order chi connectivity index (χ1) is 20.0. The average molecular weight is 539 g/mol. The fourth-order valence-electron chi connectivity index (χ4n) is 6.09. The van der Waals surface area contributed by atoms with E-state index in [0.29, 0.717) is 0 Å². The van der Waals surface area contributed by atoms with Crippen LogP contribution in [0.2, 0.25) is 0 Å². The van der Waals surface area contributed by atoms with Crippen LogP contribution >= 0.6 is 0 Å². The van der Waals surface area contributed by atoms with Gasteiger partial charge >= 0.3 is 0 Å². The van der Waals surface area contributed by atoms with E-state index in [2.05, 4.69) is 100 Å². The van der Waals surface area contributed by atoms with Gasteiger partial charge in [0.25, 0.3) is 0 Å². The molecule has 0 N–H and O–H groups in total. The van der Waals surface area contributed by atoms with Crippen LogP contribution in [0, 0.1) is 0 Å². The number of para-hydroxylation sites is 1. The number of aromatic nitrogens is 4. The summed E-state index contributed by atoms with van der Waals surface area (Å²) in [6.45, 7) is 8.47. The molecule has 0 spiro atoms. The Morgan fingerprint density at radius 1 is 0.805 bits per heavy atom. The maximum absolute atomic E-state index is 6.53. The molecule has 0 bridgehead atoms. The van der Waals surface area contributed by atoms with E-state index in [0.717, 1.165) is 70.9 Å². The third-order valence-corrected chi connectivity index (χ3v) is 8.11. The van der Waals surface area contributed by atoms with Crippen molar-refractivity contribution >= 4 is 33.5 Å². The summed E-state index contributed by atoms with van der Waals surface area (Å²) < 4.78 is 10.8. The molecule has 3 aromatic carbocycles. The number of rotatable bonds is 3. The molecule has 7 heteroatoms. The first-order valence-electron chi connectivity index (χ1n) is 14.1. The number of ether oxygens (including phenoxy) is 1. The third-order valence-electron chi connectivity index (χ3n) is 8.11. The molecule has 5 heterocycles. The molecular formula is C34H30N6O. The van der Waals surface area contributed by atoms with Gasteiger partial charge in [-0.2, -0.15) is 0 Å². The van der Waals surface area contributed by atoms with Crippen molar-refractivity contribution in [2.45, 2.75) is 32.6 Å². The molecule has 2 aliphatic heterocycles. The molecule has 41 heavy (non-hydrogen) atoms. The molecule has 7 nitrogen and oxygen atoms in total. The fraction of sp³-hybridized carbons (Fsp3) is 0.206. The molecule has 0 saturated heterocycles. The smallest absolute Gasteiger partial charge is 0.211 e. The second kappa shape index (κ2) is 8.80. The monoisotopic (exact) mass is 538 g/mol. The summed E-state index contributed by atoms with van der Waals surface area (Å²) in [7, 11) is 0. The fourth-order valence-corrected chi connectivity index (χ4v) is 6.09. The predicted octanol–water partition coefficient (Wildman–Crippen LogP) is 7.56. The van der Waals surface area contributed by atoms with E-state index in [-0.39, 0.29) is 5.41 Å². The number of imidazole rings is 1. The summed E-state index contributed by atoms with van der Waals surface area (Å²) in [4.78, 5) is 16.5. The first-order valence-corrected chi connectivity index (χ1v) is 14.1. The highest BCUT2D eigenvalue weighted by Crippen LogP contribution is 2.40. The van der Waals surface area contributed by atoms with Crippen LogP contribution in [0.1, 0.15) is 32.8 Å². The average Bonchev–Trinajstić information content (AvgIpc) is 3.60. The molecule has 0 saturated carbocycles. The number of hydrogen-bond acceptors (Lipinski definition) is 5. The highest BCUT2D eigenvalue weighted by molar-refractivity contribution is 6.09. The number of anilines is 1. The highest BCUT2D eigenvalue weighted by Gasteiger charge is 2.30. The van der Waals surface area contributed by atoms with Crippen molar-refractivity contribution in [3.8, 4) is 28.7 Å². The predicted molar refractivity (Wildman–Crippen MR) is 165 cm³/mol. The lowest BCUT2D eigenvalue weighted by Crippen LogP contribution is -2.42. The van der Waals surface area contributed by atoms with Gasteiger partial charge in [0.1, 0.15) is 23.1 Å². The second-order valence-electron chi connectivity index (χ2n) is 11.8. The number of aliphatic imine (C=N–C) groups is 1. The van der Waals surface area contributed by atoms with Gasteiger partial charge in [-0.3, -0.25) is 14.1 Å². The van der Waals surface area contributed by atoms with E-state index in [1.807, 2.05) is 30.7 Å². The largest absolute Gasteiger partial charge is 0.457 e. The molecule has 0 aliphatic carbocycles. The summed E-state index contributed by atoms with van der Waals surface area (Å²) in [6, 6.07) is 25.4. The van der Waals surface area contributed by atoms with Crippen LogP contribution in [0.3, 0.4) is 0 Å². The minimum Gasteiger partial charge on any atom is -0.457 e. The highest BCUT2D eigenvalue weighted by atomic mass is 16.5. The van der Waals surface area contributed by atoms with E-state index in [4.69, 9.17) is 14.7 Å². The van der Waals surface area contributed by atoms with Gasteiger partial charge in [0, 0.05) is 54.1 Å². The molecule has 0 fully saturated rings. The van der Waals surface area contributed by atoms with Gasteiger partial charge in [-0.15, -0.1) is 0 Å². The zero-order chi connectivity index (χ0) is 27.7. The molecule has 2 aliphatic rings. The quantitative estimate of drug-likeness (QED) is 0.233. The van der Waals surface area contributed by atoms with Crippen molar-refractivity contribution < 1.29 is 4.74 Å². The van der Waals surface area contributed by atoms with Gasteiger partial charge in [-0.25, -0.2) is 9.97 Å². The van der Waals surface area contributed by atoms with Gasteiger partial charge < -0.3 is 9.64 Å². The minimum atomic E-state index is 0.0205. The lowest BCUT2D eigenvalue weighted by molar-refractivity contribution is 0.483. The standard InChI is InChI=1S/C34H30N6O/c1-34(2,3)22-13-15-35-31(19-22)40-29-8-5-4-7-25(29)26-11-9-24(21-30(26)40)41-23-10-12-28-27(20-23)32-36-16-18-39(32)33-37-14-6-17-38(28)33/h4-5,7-13,15-16,18-21H,6,14,17H2,1-3H3. The molecule has 0 atom stereocenters. The summed E-state index contributed by atoms with van der Waals surface area (Å²) in [5.41, 5.74) is 5.62. The van der Waals surface area contributed by atoms with E-state index >= 15 is 0 Å². The lowest BCUT2D eigenvalue weighted by atomic mass is 9.88. The number of nitrogens with zero attached hydrogens (tertiary/aromatic N) is 6. The zero-order valence-corrected chi connectivity index (χ0v) is 23.4. The SMILES string of the molecule is CC(C)(C)c1ccnc(-n2c3ccccc3c3ccc(Oc4ccc5c(c4)-c4nccn4C4=NCCCN45)cc32)c1. The van der Waals surface area contributed by atoms with Gasteiger partial charge in [0.05, 0.1) is 16.7 Å². The van der Waals surface area contributed by atoms with Crippen LogP contribution in [-0.4, -0.2) is 38.2 Å². The molecule has 0 radical (unpaired) electrons. The number of pyridine rings is 1. The van der Waals surface area contributed by atoms with Gasteiger partial charge in [0.2, 0.25) is 5.96 Å². The van der Waals surface area contributed by atoms with Gasteiger partial charge in [-0.1, -0.05) is 39.0 Å². The van der Waals surface area contributed by atoms with Gasteiger partial charge in [-0.05, 0) is 65.9 Å². The van der Waals surface area contributed by atoms with Crippen molar-refractivity contribution in [2.75, 3.05) is 18.0 Å². The van der Waals surface area contributed by atoms with Crippen molar-refractivity contribution in [2.24, 2.45) is 4.99 Å². The van der Waals surface area contributed by atoms with Crippen LogP contribution in [0.5, 0.6) is 11.5 Å². The zero-order valence-electron chi connectivity index (χ0n) is 23.4. The molecule has 202 valence electrons.